The molecule has 0 spiro atoms. The number of benzene rings is 3. The van der Waals surface area contributed by atoms with E-state index in [1.807, 2.05) is 6.92 Å². The first-order chi connectivity index (χ1) is 16.3. The number of hydrogen-bond acceptors (Lipinski definition) is 6. The highest BCUT2D eigenvalue weighted by Crippen LogP contribution is 2.26. The van der Waals surface area contributed by atoms with Gasteiger partial charge in [-0.15, -0.1) is 0 Å². The number of halogens is 1. The summed E-state index contributed by atoms with van der Waals surface area (Å²) in [6, 6.07) is 16.4. The average molecular weight is 486 g/mol. The minimum absolute atomic E-state index is 0.0706. The number of ether oxygens (including phenoxy) is 2. The van der Waals surface area contributed by atoms with E-state index >= 15 is 0 Å². The van der Waals surface area contributed by atoms with E-state index < -0.39 is 28.3 Å². The van der Waals surface area contributed by atoms with Crippen molar-refractivity contribution in [2.75, 3.05) is 25.1 Å². The Hall–Kier alpha value is -3.92. The molecule has 0 aromatic heterocycles. The molecule has 0 atom stereocenters. The summed E-state index contributed by atoms with van der Waals surface area (Å²) in [6.07, 6.45) is 1.33. The van der Waals surface area contributed by atoms with Gasteiger partial charge in [0.25, 0.3) is 15.9 Å². The van der Waals surface area contributed by atoms with Crippen molar-refractivity contribution in [1.29, 1.82) is 0 Å². The number of para-hydroxylation sites is 1. The van der Waals surface area contributed by atoms with Crippen LogP contribution in [0.15, 0.2) is 76.7 Å². The molecule has 10 heteroatoms. The monoisotopic (exact) mass is 485 g/mol. The molecule has 3 aromatic rings. The number of amides is 1. The number of hydrogen-bond donors (Lipinski definition) is 1. The summed E-state index contributed by atoms with van der Waals surface area (Å²) >= 11 is 0. The molecule has 34 heavy (non-hydrogen) atoms. The van der Waals surface area contributed by atoms with Crippen LogP contribution in [0.4, 0.5) is 10.1 Å². The molecule has 0 fully saturated rings. The van der Waals surface area contributed by atoms with Crippen LogP contribution in [0.5, 0.6) is 11.5 Å². The number of sulfonamides is 1. The Kier molecular flexibility index (Phi) is 7.85. The van der Waals surface area contributed by atoms with Crippen LogP contribution < -0.4 is 19.2 Å². The molecule has 178 valence electrons. The molecule has 0 heterocycles. The Labute approximate surface area is 197 Å². The molecule has 0 saturated carbocycles. The Morgan fingerprint density at radius 2 is 1.76 bits per heavy atom. The van der Waals surface area contributed by atoms with Crippen LogP contribution in [0, 0.1) is 12.7 Å². The summed E-state index contributed by atoms with van der Waals surface area (Å²) in [5.74, 6) is -0.495. The number of carbonyl (C=O) groups excluding carboxylic acids is 1. The molecular formula is C24H24FN3O5S. The third kappa shape index (κ3) is 5.70. The van der Waals surface area contributed by atoms with Crippen LogP contribution in [0.3, 0.4) is 0 Å². The third-order valence-corrected chi connectivity index (χ3v) is 6.62. The van der Waals surface area contributed by atoms with Gasteiger partial charge in [0.2, 0.25) is 0 Å². The van der Waals surface area contributed by atoms with E-state index in [2.05, 4.69) is 10.5 Å². The van der Waals surface area contributed by atoms with Crippen molar-refractivity contribution >= 4 is 27.8 Å². The zero-order valence-electron chi connectivity index (χ0n) is 18.9. The van der Waals surface area contributed by atoms with Gasteiger partial charge in [0.1, 0.15) is 23.9 Å². The fraction of sp³-hybridized carbons (Fsp3) is 0.167. The van der Waals surface area contributed by atoms with Crippen molar-refractivity contribution in [2.45, 2.75) is 11.8 Å². The minimum Gasteiger partial charge on any atom is -0.497 e. The Bertz CT molecular complexity index is 1290. The Morgan fingerprint density at radius 3 is 2.41 bits per heavy atom. The van der Waals surface area contributed by atoms with Gasteiger partial charge in [-0.3, -0.25) is 9.10 Å². The highest BCUT2D eigenvalue weighted by Gasteiger charge is 2.29. The molecule has 0 radical (unpaired) electrons. The molecule has 1 N–H and O–H groups in total. The van der Waals surface area contributed by atoms with Gasteiger partial charge in [0.05, 0.1) is 31.0 Å². The summed E-state index contributed by atoms with van der Waals surface area (Å²) in [7, 11) is -1.24. The fourth-order valence-electron chi connectivity index (χ4n) is 3.07. The quantitative estimate of drug-likeness (QED) is 0.370. The van der Waals surface area contributed by atoms with Gasteiger partial charge in [-0.25, -0.2) is 18.2 Å². The van der Waals surface area contributed by atoms with Crippen molar-refractivity contribution in [3.63, 3.8) is 0 Å². The predicted octanol–water partition coefficient (Wildman–Crippen LogP) is 3.50. The predicted molar refractivity (Wildman–Crippen MR) is 127 cm³/mol. The highest BCUT2D eigenvalue weighted by atomic mass is 32.2. The molecule has 3 rings (SSSR count). The van der Waals surface area contributed by atoms with Gasteiger partial charge in [-0.1, -0.05) is 29.8 Å². The van der Waals surface area contributed by atoms with E-state index in [0.29, 0.717) is 21.4 Å². The molecule has 0 bridgehead atoms. The second kappa shape index (κ2) is 10.8. The standard InChI is InChI=1S/C24H24FN3O5S/c1-17-8-11-20(12-9-17)34(30,31)28(22-7-5-4-6-21(22)25)16-24(29)27-26-15-18-14-19(32-2)10-13-23(18)33-3/h4-15H,16H2,1-3H3,(H,27,29)/b26-15-. The lowest BCUT2D eigenvalue weighted by molar-refractivity contribution is -0.119. The maximum absolute atomic E-state index is 14.5. The van der Waals surface area contributed by atoms with Crippen LogP contribution in [0.2, 0.25) is 0 Å². The largest absolute Gasteiger partial charge is 0.497 e. The molecule has 1 amide bonds. The number of anilines is 1. The number of aryl methyl sites for hydroxylation is 1. The SMILES string of the molecule is COc1ccc(OC)c(/C=N\NC(=O)CN(c2ccccc2F)S(=O)(=O)c2ccc(C)cc2)c1. The van der Waals surface area contributed by atoms with Crippen LogP contribution >= 0.6 is 0 Å². The van der Waals surface area contributed by atoms with Gasteiger partial charge < -0.3 is 9.47 Å². The summed E-state index contributed by atoms with van der Waals surface area (Å²) in [5, 5.41) is 3.89. The molecule has 8 nitrogen and oxygen atoms in total. The van der Waals surface area contributed by atoms with Gasteiger partial charge in [-0.2, -0.15) is 5.10 Å². The summed E-state index contributed by atoms with van der Waals surface area (Å²) in [4.78, 5) is 12.6. The summed E-state index contributed by atoms with van der Waals surface area (Å²) in [5.41, 5.74) is 3.41. The first kappa shape index (κ1) is 24.7. The zero-order valence-corrected chi connectivity index (χ0v) is 19.7. The van der Waals surface area contributed by atoms with E-state index in [0.717, 1.165) is 11.6 Å². The van der Waals surface area contributed by atoms with Crippen molar-refractivity contribution < 1.29 is 27.1 Å². The molecule has 0 aliphatic heterocycles. The molecule has 3 aromatic carbocycles. The molecule has 0 aliphatic rings. The second-order valence-corrected chi connectivity index (χ2v) is 9.04. The van der Waals surface area contributed by atoms with Crippen molar-refractivity contribution in [1.82, 2.24) is 5.43 Å². The van der Waals surface area contributed by atoms with E-state index in [9.17, 15) is 17.6 Å². The summed E-state index contributed by atoms with van der Waals surface area (Å²) < 4.78 is 52.2. The number of carbonyl (C=O) groups is 1. The lowest BCUT2D eigenvalue weighted by atomic mass is 10.2. The van der Waals surface area contributed by atoms with Gasteiger partial charge in [0, 0.05) is 5.56 Å². The second-order valence-electron chi connectivity index (χ2n) is 7.18. The van der Waals surface area contributed by atoms with Crippen molar-refractivity contribution in [2.24, 2.45) is 5.10 Å². The van der Waals surface area contributed by atoms with Gasteiger partial charge in [-0.05, 0) is 49.4 Å². The van der Waals surface area contributed by atoms with E-state index in [1.165, 1.54) is 50.8 Å². The number of nitrogens with one attached hydrogen (secondary N) is 1. The molecule has 0 unspecified atom stereocenters. The number of methoxy groups -OCH3 is 2. The lowest BCUT2D eigenvalue weighted by Gasteiger charge is -2.24. The lowest BCUT2D eigenvalue weighted by Crippen LogP contribution is -2.40. The van der Waals surface area contributed by atoms with E-state index in [4.69, 9.17) is 9.47 Å². The van der Waals surface area contributed by atoms with Crippen LogP contribution in [-0.2, 0) is 14.8 Å². The first-order valence-corrected chi connectivity index (χ1v) is 11.6. The van der Waals surface area contributed by atoms with Crippen LogP contribution in [0.1, 0.15) is 11.1 Å². The van der Waals surface area contributed by atoms with Crippen molar-refractivity contribution in [3.8, 4) is 11.5 Å². The fourth-order valence-corrected chi connectivity index (χ4v) is 4.50. The number of rotatable bonds is 9. The normalized spacial score (nSPS) is 11.3. The maximum Gasteiger partial charge on any atom is 0.264 e. The summed E-state index contributed by atoms with van der Waals surface area (Å²) in [6.45, 7) is 1.12. The Balaban J connectivity index is 1.86. The highest BCUT2D eigenvalue weighted by molar-refractivity contribution is 7.92. The average Bonchev–Trinajstić information content (AvgIpc) is 2.83. The molecule has 0 aliphatic carbocycles. The van der Waals surface area contributed by atoms with Crippen LogP contribution in [-0.4, -0.2) is 41.3 Å². The van der Waals surface area contributed by atoms with E-state index in [-0.39, 0.29) is 10.6 Å². The van der Waals surface area contributed by atoms with Gasteiger partial charge >= 0.3 is 0 Å². The smallest absolute Gasteiger partial charge is 0.264 e. The Morgan fingerprint density at radius 1 is 1.06 bits per heavy atom. The minimum atomic E-state index is -4.24. The first-order valence-electron chi connectivity index (χ1n) is 10.1. The molecular weight excluding hydrogens is 461 g/mol. The van der Waals surface area contributed by atoms with E-state index in [1.54, 1.807) is 30.3 Å². The number of nitrogens with zero attached hydrogens (tertiary/aromatic N) is 2. The number of hydrazone groups is 1. The van der Waals surface area contributed by atoms with Crippen molar-refractivity contribution in [3.05, 3.63) is 83.7 Å². The maximum atomic E-state index is 14.5. The zero-order chi connectivity index (χ0) is 24.7. The molecule has 0 saturated heterocycles. The third-order valence-electron chi connectivity index (χ3n) is 4.85. The van der Waals surface area contributed by atoms with Crippen LogP contribution in [0.25, 0.3) is 0 Å². The van der Waals surface area contributed by atoms with Gasteiger partial charge in [0.15, 0.2) is 0 Å². The topological polar surface area (TPSA) is 97.3 Å².